The molecule has 0 aromatic heterocycles. The van der Waals surface area contributed by atoms with Crippen LogP contribution >= 0.6 is 0 Å². The maximum absolute atomic E-state index is 12.5. The maximum atomic E-state index is 12.5. The van der Waals surface area contributed by atoms with Gasteiger partial charge in [0.1, 0.15) is 6.61 Å². The maximum Gasteiger partial charge on any atom is 0.330 e. The first-order chi connectivity index (χ1) is 11.9. The lowest BCUT2D eigenvalue weighted by Gasteiger charge is -2.25. The highest BCUT2D eigenvalue weighted by Gasteiger charge is 2.22. The second-order valence-corrected chi connectivity index (χ2v) is 10.6. The van der Waals surface area contributed by atoms with Crippen LogP contribution in [0.4, 0.5) is 10.5 Å². The van der Waals surface area contributed by atoms with Gasteiger partial charge in [0.25, 0.3) is 0 Å². The second kappa shape index (κ2) is 10.7. The minimum Gasteiger partial charge on any atom is -0.461 e. The third-order valence-electron chi connectivity index (χ3n) is 3.82. The van der Waals surface area contributed by atoms with E-state index in [9.17, 15) is 9.59 Å². The molecule has 0 radical (unpaired) electrons. The highest BCUT2D eigenvalue weighted by Crippen LogP contribution is 2.17. The van der Waals surface area contributed by atoms with Crippen LogP contribution < -0.4 is 10.2 Å². The Labute approximate surface area is 150 Å². The molecule has 0 heterocycles. The molecule has 0 saturated heterocycles. The van der Waals surface area contributed by atoms with Crippen molar-refractivity contribution >= 4 is 26.0 Å². The summed E-state index contributed by atoms with van der Waals surface area (Å²) < 4.78 is 10.4. The summed E-state index contributed by atoms with van der Waals surface area (Å²) in [7, 11) is 0.0953. The number of benzene rings is 1. The third-order valence-corrected chi connectivity index (χ3v) is 6.48. The van der Waals surface area contributed by atoms with E-state index in [1.54, 1.807) is 12.0 Å². The highest BCUT2D eigenvalue weighted by molar-refractivity contribution is 6.71. The highest BCUT2D eigenvalue weighted by atomic mass is 28.4. The number of carbonyl (C=O) groups excluding carboxylic acids is 2. The Hall–Kier alpha value is -2.12. The van der Waals surface area contributed by atoms with Gasteiger partial charge in [-0.05, 0) is 37.7 Å². The molecule has 0 bridgehead atoms. The second-order valence-electron chi connectivity index (χ2n) is 6.16. The van der Waals surface area contributed by atoms with Gasteiger partial charge in [-0.1, -0.05) is 24.8 Å². The Morgan fingerprint density at radius 1 is 1.28 bits per heavy atom. The number of nitrogens with one attached hydrogen (secondary N) is 1. The monoisotopic (exact) mass is 364 g/mol. The van der Waals surface area contributed by atoms with Crippen LogP contribution in [0, 0.1) is 0 Å². The van der Waals surface area contributed by atoms with Crippen LogP contribution in [-0.4, -0.2) is 47.1 Å². The molecular weight excluding hydrogens is 336 g/mol. The summed E-state index contributed by atoms with van der Waals surface area (Å²) >= 11 is 0. The van der Waals surface area contributed by atoms with Crippen molar-refractivity contribution in [3.8, 4) is 0 Å². The van der Waals surface area contributed by atoms with Crippen LogP contribution in [0.25, 0.3) is 0 Å². The quantitative estimate of drug-likeness (QED) is 0.300. The fraction of sp³-hybridized carbons (Fsp3) is 0.444. The molecule has 1 rings (SSSR count). The molecule has 7 heteroatoms. The molecule has 1 aromatic rings. The van der Waals surface area contributed by atoms with E-state index in [1.165, 1.54) is 0 Å². The van der Waals surface area contributed by atoms with E-state index in [4.69, 9.17) is 9.16 Å². The van der Waals surface area contributed by atoms with Crippen molar-refractivity contribution in [2.24, 2.45) is 0 Å². The molecule has 0 aliphatic heterocycles. The van der Waals surface area contributed by atoms with E-state index in [-0.39, 0.29) is 19.2 Å². The predicted octanol–water partition coefficient (Wildman–Crippen LogP) is 3.17. The number of nitrogens with zero attached hydrogens (tertiary/aromatic N) is 1. The van der Waals surface area contributed by atoms with Crippen LogP contribution in [0.5, 0.6) is 0 Å². The Morgan fingerprint density at radius 3 is 2.56 bits per heavy atom. The lowest BCUT2D eigenvalue weighted by molar-refractivity contribution is -0.137. The minimum absolute atomic E-state index is 0.114. The fourth-order valence-corrected chi connectivity index (χ4v) is 3.40. The van der Waals surface area contributed by atoms with E-state index in [0.717, 1.165) is 24.2 Å². The predicted molar refractivity (Wildman–Crippen MR) is 102 cm³/mol. The summed E-state index contributed by atoms with van der Waals surface area (Å²) in [6.45, 7) is 8.61. The summed E-state index contributed by atoms with van der Waals surface area (Å²) in [5.41, 5.74) is 0.833. The van der Waals surface area contributed by atoms with Gasteiger partial charge in [0.15, 0.2) is 8.32 Å². The average molecular weight is 365 g/mol. The Morgan fingerprint density at radius 2 is 1.96 bits per heavy atom. The normalized spacial score (nSPS) is 10.8. The number of amides is 2. The SMILES string of the molecule is C=CC(=O)OCCNC(=O)N(CCC[Si](C)(C)OC)c1ccccc1. The number of rotatable bonds is 10. The van der Waals surface area contributed by atoms with Gasteiger partial charge >= 0.3 is 12.0 Å². The van der Waals surface area contributed by atoms with Crippen molar-refractivity contribution in [1.82, 2.24) is 5.32 Å². The first-order valence-electron chi connectivity index (χ1n) is 8.34. The zero-order valence-electron chi connectivity index (χ0n) is 15.3. The first kappa shape index (κ1) is 20.9. The number of hydrogen-bond acceptors (Lipinski definition) is 4. The van der Waals surface area contributed by atoms with Gasteiger partial charge in [-0.2, -0.15) is 0 Å². The summed E-state index contributed by atoms with van der Waals surface area (Å²) in [4.78, 5) is 25.2. The Balaban J connectivity index is 2.60. The van der Waals surface area contributed by atoms with Crippen LogP contribution in [0.2, 0.25) is 19.1 Å². The van der Waals surface area contributed by atoms with Crippen LogP contribution in [-0.2, 0) is 14.0 Å². The Bertz CT molecular complexity index is 563. The standard InChI is InChI=1S/C18H28N2O4Si/c1-5-17(21)24-14-12-19-18(22)20(16-10-7-6-8-11-16)13-9-15-25(3,4)23-2/h5-8,10-11H,1,9,12-15H2,2-4H3,(H,19,22). The molecule has 0 spiro atoms. The summed E-state index contributed by atoms with van der Waals surface area (Å²) in [5.74, 6) is -0.499. The number of carbonyl (C=O) groups is 2. The van der Waals surface area contributed by atoms with Crippen molar-refractivity contribution in [3.05, 3.63) is 43.0 Å². The molecule has 0 saturated carbocycles. The number of hydrogen-bond donors (Lipinski definition) is 1. The lowest BCUT2D eigenvalue weighted by Crippen LogP contribution is -2.42. The molecule has 138 valence electrons. The molecule has 0 fully saturated rings. The molecule has 0 atom stereocenters. The van der Waals surface area contributed by atoms with E-state index >= 15 is 0 Å². The largest absolute Gasteiger partial charge is 0.461 e. The number of para-hydroxylation sites is 1. The lowest BCUT2D eigenvalue weighted by atomic mass is 10.3. The van der Waals surface area contributed by atoms with Gasteiger partial charge in [-0.25, -0.2) is 9.59 Å². The number of ether oxygens (including phenoxy) is 1. The van der Waals surface area contributed by atoms with Crippen molar-refractivity contribution in [3.63, 3.8) is 0 Å². The van der Waals surface area contributed by atoms with E-state index in [1.807, 2.05) is 30.3 Å². The Kier molecular flexibility index (Phi) is 8.94. The number of urea groups is 1. The zero-order valence-corrected chi connectivity index (χ0v) is 16.3. The molecule has 0 unspecified atom stereocenters. The van der Waals surface area contributed by atoms with Crippen molar-refractivity contribution < 1.29 is 18.8 Å². The molecule has 6 nitrogen and oxygen atoms in total. The minimum atomic E-state index is -1.65. The van der Waals surface area contributed by atoms with Crippen molar-refractivity contribution in [1.29, 1.82) is 0 Å². The van der Waals surface area contributed by atoms with Gasteiger partial charge in [0, 0.05) is 25.4 Å². The molecule has 1 N–H and O–H groups in total. The van der Waals surface area contributed by atoms with Gasteiger partial charge < -0.3 is 14.5 Å². The van der Waals surface area contributed by atoms with E-state index in [0.29, 0.717) is 6.54 Å². The molecule has 25 heavy (non-hydrogen) atoms. The van der Waals surface area contributed by atoms with Crippen LogP contribution in [0.15, 0.2) is 43.0 Å². The molecule has 0 aliphatic rings. The van der Waals surface area contributed by atoms with E-state index < -0.39 is 14.3 Å². The third kappa shape index (κ3) is 8.00. The molecular formula is C18H28N2O4Si. The zero-order chi connectivity index (χ0) is 18.7. The topological polar surface area (TPSA) is 67.9 Å². The van der Waals surface area contributed by atoms with Crippen molar-refractivity contribution in [2.75, 3.05) is 31.7 Å². The van der Waals surface area contributed by atoms with Crippen LogP contribution in [0.3, 0.4) is 0 Å². The molecule has 2 amide bonds. The summed E-state index contributed by atoms with van der Waals surface area (Å²) in [6, 6.07) is 10.3. The van der Waals surface area contributed by atoms with Gasteiger partial charge in [0.2, 0.25) is 0 Å². The fourth-order valence-electron chi connectivity index (χ4n) is 2.18. The van der Waals surface area contributed by atoms with Gasteiger partial charge in [-0.3, -0.25) is 4.90 Å². The van der Waals surface area contributed by atoms with Crippen molar-refractivity contribution in [2.45, 2.75) is 25.6 Å². The first-order valence-corrected chi connectivity index (χ1v) is 11.5. The van der Waals surface area contributed by atoms with Crippen LogP contribution in [0.1, 0.15) is 6.42 Å². The van der Waals surface area contributed by atoms with Gasteiger partial charge in [-0.15, -0.1) is 0 Å². The number of anilines is 1. The van der Waals surface area contributed by atoms with E-state index in [2.05, 4.69) is 25.0 Å². The number of esters is 1. The average Bonchev–Trinajstić information content (AvgIpc) is 2.62. The van der Waals surface area contributed by atoms with Gasteiger partial charge in [0.05, 0.1) is 6.54 Å². The smallest absolute Gasteiger partial charge is 0.330 e. The summed E-state index contributed by atoms with van der Waals surface area (Å²) in [5, 5.41) is 2.78. The molecule has 0 aliphatic carbocycles. The molecule has 1 aromatic carbocycles. The summed E-state index contributed by atoms with van der Waals surface area (Å²) in [6.07, 6.45) is 1.96.